The third-order valence-electron chi connectivity index (χ3n) is 4.08. The number of carbonyl (C=O) groups excluding carboxylic acids is 1. The molecule has 0 saturated carbocycles. The van der Waals surface area contributed by atoms with Crippen molar-refractivity contribution in [1.82, 2.24) is 10.2 Å². The van der Waals surface area contributed by atoms with Crippen LogP contribution in [0.25, 0.3) is 0 Å². The Kier molecular flexibility index (Phi) is 3.73. The van der Waals surface area contributed by atoms with Crippen LogP contribution < -0.4 is 5.32 Å². The second-order valence-electron chi connectivity index (χ2n) is 5.65. The first-order chi connectivity index (χ1) is 8.07. The second kappa shape index (κ2) is 4.94. The lowest BCUT2D eigenvalue weighted by Crippen LogP contribution is -2.55. The van der Waals surface area contributed by atoms with Crippen LogP contribution in [0.5, 0.6) is 0 Å². The Morgan fingerprint density at radius 1 is 1.59 bits per heavy atom. The number of hydrogen-bond donors (Lipinski definition) is 1. The summed E-state index contributed by atoms with van der Waals surface area (Å²) in [5.41, 5.74) is -0.204. The third kappa shape index (κ3) is 2.47. The molecule has 4 nitrogen and oxygen atoms in total. The van der Waals surface area contributed by atoms with Gasteiger partial charge in [-0.1, -0.05) is 6.92 Å². The molecule has 4 heteroatoms. The molecular weight excluding hydrogens is 216 g/mol. The van der Waals surface area contributed by atoms with E-state index in [4.69, 9.17) is 4.74 Å². The van der Waals surface area contributed by atoms with Gasteiger partial charge >= 0.3 is 0 Å². The highest BCUT2D eigenvalue weighted by atomic mass is 16.5. The lowest BCUT2D eigenvalue weighted by molar-refractivity contribution is -0.153. The largest absolute Gasteiger partial charge is 0.375 e. The van der Waals surface area contributed by atoms with E-state index in [0.29, 0.717) is 12.5 Å². The minimum Gasteiger partial charge on any atom is -0.375 e. The fourth-order valence-corrected chi connectivity index (χ4v) is 2.78. The lowest BCUT2D eigenvalue weighted by Gasteiger charge is -2.41. The fraction of sp³-hybridized carbons (Fsp3) is 0.923. The van der Waals surface area contributed by atoms with Gasteiger partial charge in [0.25, 0.3) is 0 Å². The van der Waals surface area contributed by atoms with E-state index in [1.165, 1.54) is 0 Å². The molecular formula is C13H24N2O2. The smallest absolute Gasteiger partial charge is 0.230 e. The van der Waals surface area contributed by atoms with E-state index in [1.54, 1.807) is 0 Å². The first kappa shape index (κ1) is 12.8. The van der Waals surface area contributed by atoms with Crippen LogP contribution in [0, 0.1) is 5.41 Å². The molecule has 1 N–H and O–H groups in total. The summed E-state index contributed by atoms with van der Waals surface area (Å²) < 4.78 is 5.65. The Morgan fingerprint density at radius 2 is 2.35 bits per heavy atom. The number of carbonyl (C=O) groups is 1. The fourth-order valence-electron chi connectivity index (χ4n) is 2.78. The summed E-state index contributed by atoms with van der Waals surface area (Å²) in [6.45, 7) is 9.45. The van der Waals surface area contributed by atoms with Crippen molar-refractivity contribution in [3.05, 3.63) is 0 Å². The number of hydrogen-bond acceptors (Lipinski definition) is 3. The number of rotatable bonds is 2. The third-order valence-corrected chi connectivity index (χ3v) is 4.08. The molecule has 0 aliphatic carbocycles. The molecule has 2 fully saturated rings. The minimum absolute atomic E-state index is 0.166. The first-order valence-electron chi connectivity index (χ1n) is 6.70. The van der Waals surface area contributed by atoms with Crippen molar-refractivity contribution < 1.29 is 9.53 Å². The normalized spacial score (nSPS) is 38.4. The standard InChI is InChI=1S/C13H24N2O2/c1-4-11-8-17-10(2)7-15(11)12(16)13(3)5-6-14-9-13/h10-11,14H,4-9H2,1-3H3. The topological polar surface area (TPSA) is 41.6 Å². The van der Waals surface area contributed by atoms with Crippen molar-refractivity contribution in [2.45, 2.75) is 45.8 Å². The molecule has 2 saturated heterocycles. The van der Waals surface area contributed by atoms with E-state index < -0.39 is 0 Å². The van der Waals surface area contributed by atoms with E-state index in [-0.39, 0.29) is 17.6 Å². The highest BCUT2D eigenvalue weighted by Crippen LogP contribution is 2.30. The average molecular weight is 240 g/mol. The first-order valence-corrected chi connectivity index (χ1v) is 6.70. The van der Waals surface area contributed by atoms with Crippen molar-refractivity contribution >= 4 is 5.91 Å². The van der Waals surface area contributed by atoms with Gasteiger partial charge in [-0.25, -0.2) is 0 Å². The molecule has 0 radical (unpaired) electrons. The van der Waals surface area contributed by atoms with E-state index in [9.17, 15) is 4.79 Å². The van der Waals surface area contributed by atoms with Gasteiger partial charge in [0.2, 0.25) is 5.91 Å². The molecule has 2 aliphatic rings. The summed E-state index contributed by atoms with van der Waals surface area (Å²) in [4.78, 5) is 14.7. The Labute approximate surface area is 104 Å². The van der Waals surface area contributed by atoms with Gasteiger partial charge in [-0.3, -0.25) is 4.79 Å². The molecule has 3 atom stereocenters. The maximum Gasteiger partial charge on any atom is 0.230 e. The number of nitrogens with zero attached hydrogens (tertiary/aromatic N) is 1. The Morgan fingerprint density at radius 3 is 2.94 bits per heavy atom. The zero-order valence-electron chi connectivity index (χ0n) is 11.2. The van der Waals surface area contributed by atoms with Gasteiger partial charge in [-0.05, 0) is 33.2 Å². The van der Waals surface area contributed by atoms with Crippen LogP contribution in [0.4, 0.5) is 0 Å². The monoisotopic (exact) mass is 240 g/mol. The van der Waals surface area contributed by atoms with E-state index in [0.717, 1.165) is 32.5 Å². The molecule has 1 amide bonds. The predicted octanol–water partition coefficient (Wildman–Crippen LogP) is 1.01. The van der Waals surface area contributed by atoms with Crippen molar-refractivity contribution in [2.24, 2.45) is 5.41 Å². The van der Waals surface area contributed by atoms with Gasteiger partial charge in [0.1, 0.15) is 0 Å². The van der Waals surface area contributed by atoms with E-state index in [1.807, 2.05) is 6.92 Å². The van der Waals surface area contributed by atoms with Crippen molar-refractivity contribution in [2.75, 3.05) is 26.2 Å². The number of morpholine rings is 1. The molecule has 2 heterocycles. The molecule has 0 aromatic carbocycles. The zero-order chi connectivity index (χ0) is 12.5. The van der Waals surface area contributed by atoms with Crippen LogP contribution in [0.3, 0.4) is 0 Å². The highest BCUT2D eigenvalue weighted by Gasteiger charge is 2.42. The van der Waals surface area contributed by atoms with Gasteiger partial charge in [0.05, 0.1) is 24.2 Å². The molecule has 0 spiro atoms. The van der Waals surface area contributed by atoms with Crippen LogP contribution in [0.1, 0.15) is 33.6 Å². The summed E-state index contributed by atoms with van der Waals surface area (Å²) in [5, 5.41) is 3.30. The highest BCUT2D eigenvalue weighted by molar-refractivity contribution is 5.83. The Balaban J connectivity index is 2.10. The van der Waals surface area contributed by atoms with Gasteiger partial charge in [-0.2, -0.15) is 0 Å². The van der Waals surface area contributed by atoms with Crippen LogP contribution >= 0.6 is 0 Å². The van der Waals surface area contributed by atoms with Crippen LogP contribution in [0.2, 0.25) is 0 Å². The van der Waals surface area contributed by atoms with Crippen LogP contribution in [-0.2, 0) is 9.53 Å². The van der Waals surface area contributed by atoms with Crippen molar-refractivity contribution in [3.8, 4) is 0 Å². The summed E-state index contributed by atoms with van der Waals surface area (Å²) in [6.07, 6.45) is 2.09. The molecule has 2 rings (SSSR count). The Bertz CT molecular complexity index is 287. The maximum atomic E-state index is 12.7. The maximum absolute atomic E-state index is 12.7. The number of ether oxygens (including phenoxy) is 1. The van der Waals surface area contributed by atoms with Crippen molar-refractivity contribution in [1.29, 1.82) is 0 Å². The van der Waals surface area contributed by atoms with Gasteiger partial charge in [0.15, 0.2) is 0 Å². The molecule has 0 bridgehead atoms. The van der Waals surface area contributed by atoms with Crippen LogP contribution in [-0.4, -0.2) is 49.2 Å². The Hall–Kier alpha value is -0.610. The molecule has 3 unspecified atom stereocenters. The molecule has 98 valence electrons. The van der Waals surface area contributed by atoms with Gasteiger partial charge < -0.3 is 15.0 Å². The average Bonchev–Trinajstić information content (AvgIpc) is 2.76. The predicted molar refractivity (Wildman–Crippen MR) is 66.8 cm³/mol. The van der Waals surface area contributed by atoms with Gasteiger partial charge in [-0.15, -0.1) is 0 Å². The van der Waals surface area contributed by atoms with E-state index in [2.05, 4.69) is 24.1 Å². The van der Waals surface area contributed by atoms with Crippen LogP contribution in [0.15, 0.2) is 0 Å². The number of amides is 1. The summed E-state index contributed by atoms with van der Waals surface area (Å²) in [5.74, 6) is 0.310. The summed E-state index contributed by atoms with van der Waals surface area (Å²) in [7, 11) is 0. The zero-order valence-corrected chi connectivity index (χ0v) is 11.2. The van der Waals surface area contributed by atoms with E-state index >= 15 is 0 Å². The van der Waals surface area contributed by atoms with Crippen molar-refractivity contribution in [3.63, 3.8) is 0 Å². The molecule has 2 aliphatic heterocycles. The number of nitrogens with one attached hydrogen (secondary N) is 1. The molecule has 0 aromatic rings. The van der Waals surface area contributed by atoms with Gasteiger partial charge in [0, 0.05) is 13.1 Å². The molecule has 0 aromatic heterocycles. The lowest BCUT2D eigenvalue weighted by atomic mass is 9.87. The SMILES string of the molecule is CCC1COC(C)CN1C(=O)C1(C)CCNC1. The molecule has 17 heavy (non-hydrogen) atoms. The summed E-state index contributed by atoms with van der Waals surface area (Å²) in [6, 6.07) is 0.260. The quantitative estimate of drug-likeness (QED) is 0.783. The minimum atomic E-state index is -0.204. The second-order valence-corrected chi connectivity index (χ2v) is 5.65. The summed E-state index contributed by atoms with van der Waals surface area (Å²) >= 11 is 0.